The molecule has 0 bridgehead atoms. The largest absolute Gasteiger partial charge is 0.390 e. The van der Waals surface area contributed by atoms with Gasteiger partial charge < -0.3 is 9.67 Å². The summed E-state index contributed by atoms with van der Waals surface area (Å²) in [5.74, 6) is 0.485. The van der Waals surface area contributed by atoms with Crippen LogP contribution in [0.2, 0.25) is 0 Å². The number of hydrogen-bond donors (Lipinski definition) is 1. The summed E-state index contributed by atoms with van der Waals surface area (Å²) in [4.78, 5) is 21.8. The van der Waals surface area contributed by atoms with E-state index in [1.807, 2.05) is 41.9 Å². The number of aliphatic hydroxyl groups is 1. The number of benzene rings is 1. The smallest absolute Gasteiger partial charge is 0.285 e. The monoisotopic (exact) mass is 323 g/mol. The van der Waals surface area contributed by atoms with Crippen molar-refractivity contribution in [3.8, 4) is 0 Å². The van der Waals surface area contributed by atoms with Crippen molar-refractivity contribution in [2.45, 2.75) is 20.1 Å². The van der Waals surface area contributed by atoms with Crippen molar-refractivity contribution in [3.05, 3.63) is 64.0 Å². The van der Waals surface area contributed by atoms with Gasteiger partial charge in [0, 0.05) is 13.6 Å². The lowest BCUT2D eigenvalue weighted by atomic mass is 10.2. The first-order valence-corrected chi connectivity index (χ1v) is 7.68. The molecule has 0 unspecified atom stereocenters. The second-order valence-electron chi connectivity index (χ2n) is 5.83. The molecular formula is C17H17N5O2. The van der Waals surface area contributed by atoms with Gasteiger partial charge in [0.2, 0.25) is 5.78 Å². The highest BCUT2D eigenvalue weighted by atomic mass is 16.3. The lowest BCUT2D eigenvalue weighted by molar-refractivity contribution is 0.274. The zero-order valence-corrected chi connectivity index (χ0v) is 13.5. The lowest BCUT2D eigenvalue weighted by Crippen LogP contribution is -2.21. The number of rotatable bonds is 3. The summed E-state index contributed by atoms with van der Waals surface area (Å²) in [6.07, 6.45) is 1.67. The molecule has 7 nitrogen and oxygen atoms in total. The topological polar surface area (TPSA) is 77.4 Å². The standard InChI is InChI=1S/C17H17N5O2/c1-11-13(9-23)22-16(24)14-15(20(2)17(22)19-11)18-10-21(14)8-12-6-4-3-5-7-12/h3-7,10,23H,8-9H2,1-2H3. The van der Waals surface area contributed by atoms with Crippen molar-refractivity contribution in [1.82, 2.24) is 23.5 Å². The second-order valence-corrected chi connectivity index (χ2v) is 5.83. The van der Waals surface area contributed by atoms with Gasteiger partial charge in [-0.3, -0.25) is 9.36 Å². The minimum atomic E-state index is -0.236. The fourth-order valence-electron chi connectivity index (χ4n) is 3.11. The van der Waals surface area contributed by atoms with Gasteiger partial charge in [-0.25, -0.2) is 14.4 Å². The van der Waals surface area contributed by atoms with Crippen LogP contribution in [0.25, 0.3) is 16.9 Å². The van der Waals surface area contributed by atoms with Gasteiger partial charge in [0.05, 0.1) is 24.3 Å². The van der Waals surface area contributed by atoms with Gasteiger partial charge >= 0.3 is 0 Å². The minimum absolute atomic E-state index is 0.212. The van der Waals surface area contributed by atoms with E-state index in [2.05, 4.69) is 9.97 Å². The maximum Gasteiger partial charge on any atom is 0.285 e. The number of aromatic nitrogens is 5. The Morgan fingerprint density at radius 2 is 1.96 bits per heavy atom. The van der Waals surface area contributed by atoms with Gasteiger partial charge in [-0.05, 0) is 12.5 Å². The van der Waals surface area contributed by atoms with Gasteiger partial charge in [-0.2, -0.15) is 0 Å². The third-order valence-corrected chi connectivity index (χ3v) is 4.34. The van der Waals surface area contributed by atoms with Crippen LogP contribution < -0.4 is 5.56 Å². The van der Waals surface area contributed by atoms with Gasteiger partial charge in [-0.15, -0.1) is 0 Å². The molecule has 4 rings (SSSR count). The molecule has 3 aromatic heterocycles. The molecule has 0 spiro atoms. The van der Waals surface area contributed by atoms with Crippen molar-refractivity contribution < 1.29 is 5.11 Å². The number of imidazole rings is 2. The first-order chi connectivity index (χ1) is 11.6. The quantitative estimate of drug-likeness (QED) is 0.615. The van der Waals surface area contributed by atoms with Crippen LogP contribution in [0, 0.1) is 6.92 Å². The summed E-state index contributed by atoms with van der Waals surface area (Å²) in [5.41, 5.74) is 3.12. The highest BCUT2D eigenvalue weighted by molar-refractivity contribution is 5.73. The Morgan fingerprint density at radius 1 is 1.21 bits per heavy atom. The van der Waals surface area contributed by atoms with Crippen molar-refractivity contribution in [1.29, 1.82) is 0 Å². The summed E-state index contributed by atoms with van der Waals surface area (Å²) >= 11 is 0. The molecule has 0 fully saturated rings. The first kappa shape index (κ1) is 14.6. The Morgan fingerprint density at radius 3 is 2.67 bits per heavy atom. The van der Waals surface area contributed by atoms with E-state index in [1.165, 1.54) is 4.40 Å². The van der Waals surface area contributed by atoms with Crippen LogP contribution in [0.3, 0.4) is 0 Å². The SMILES string of the molecule is Cc1nc2n(C)c3ncn(Cc4ccccc4)c3c(=O)n2c1CO. The van der Waals surface area contributed by atoms with Crippen LogP contribution in [-0.4, -0.2) is 28.6 Å². The molecule has 0 saturated heterocycles. The lowest BCUT2D eigenvalue weighted by Gasteiger charge is -2.07. The predicted octanol–water partition coefficient (Wildman–Crippen LogP) is 1.23. The van der Waals surface area contributed by atoms with E-state index >= 15 is 0 Å². The Labute approximate surface area is 137 Å². The summed E-state index contributed by atoms with van der Waals surface area (Å²) in [6, 6.07) is 9.91. The predicted molar refractivity (Wildman–Crippen MR) is 89.9 cm³/mol. The Bertz CT molecular complexity index is 1110. The molecule has 0 aliphatic rings. The maximum atomic E-state index is 13.0. The fourth-order valence-corrected chi connectivity index (χ4v) is 3.11. The summed E-state index contributed by atoms with van der Waals surface area (Å²) in [7, 11) is 1.82. The minimum Gasteiger partial charge on any atom is -0.390 e. The Hall–Kier alpha value is -2.93. The molecule has 122 valence electrons. The molecule has 0 aliphatic carbocycles. The van der Waals surface area contributed by atoms with Crippen LogP contribution in [0.1, 0.15) is 17.0 Å². The van der Waals surface area contributed by atoms with Crippen molar-refractivity contribution in [2.75, 3.05) is 0 Å². The molecule has 24 heavy (non-hydrogen) atoms. The van der Waals surface area contributed by atoms with Crippen LogP contribution in [0.5, 0.6) is 0 Å². The van der Waals surface area contributed by atoms with E-state index < -0.39 is 0 Å². The third-order valence-electron chi connectivity index (χ3n) is 4.34. The normalized spacial score (nSPS) is 11.6. The number of nitrogens with zero attached hydrogens (tertiary/aromatic N) is 5. The van der Waals surface area contributed by atoms with E-state index in [0.29, 0.717) is 34.9 Å². The maximum absolute atomic E-state index is 13.0. The van der Waals surface area contributed by atoms with Gasteiger partial charge in [0.1, 0.15) is 0 Å². The zero-order chi connectivity index (χ0) is 16.8. The molecule has 7 heteroatoms. The summed E-state index contributed by atoms with van der Waals surface area (Å²) in [5, 5.41) is 9.62. The third kappa shape index (κ3) is 1.98. The zero-order valence-electron chi connectivity index (χ0n) is 13.5. The van der Waals surface area contributed by atoms with E-state index in [4.69, 9.17) is 0 Å². The van der Waals surface area contributed by atoms with E-state index in [-0.39, 0.29) is 12.2 Å². The van der Waals surface area contributed by atoms with Crippen LogP contribution >= 0.6 is 0 Å². The second kappa shape index (κ2) is 5.31. The molecule has 0 atom stereocenters. The molecule has 0 radical (unpaired) electrons. The Balaban J connectivity index is 2.03. The fraction of sp³-hybridized carbons (Fsp3) is 0.235. The Kier molecular flexibility index (Phi) is 3.24. The van der Waals surface area contributed by atoms with Crippen LogP contribution in [0.4, 0.5) is 0 Å². The molecule has 0 amide bonds. The summed E-state index contributed by atoms with van der Waals surface area (Å²) < 4.78 is 5.09. The van der Waals surface area contributed by atoms with Gasteiger partial charge in [0.25, 0.3) is 5.56 Å². The van der Waals surface area contributed by atoms with Gasteiger partial charge in [-0.1, -0.05) is 30.3 Å². The van der Waals surface area contributed by atoms with Crippen molar-refractivity contribution in [3.63, 3.8) is 0 Å². The average molecular weight is 323 g/mol. The number of fused-ring (bicyclic) bond motifs is 2. The first-order valence-electron chi connectivity index (χ1n) is 7.68. The summed E-state index contributed by atoms with van der Waals surface area (Å²) in [6.45, 7) is 2.11. The van der Waals surface area contributed by atoms with Gasteiger partial charge in [0.15, 0.2) is 11.2 Å². The molecule has 1 N–H and O–H groups in total. The van der Waals surface area contributed by atoms with Crippen LogP contribution in [-0.2, 0) is 20.2 Å². The molecule has 3 heterocycles. The molecule has 4 aromatic rings. The van der Waals surface area contributed by atoms with Crippen molar-refractivity contribution in [2.24, 2.45) is 7.05 Å². The molecule has 1 aromatic carbocycles. The van der Waals surface area contributed by atoms with Crippen molar-refractivity contribution >= 4 is 16.9 Å². The number of aliphatic hydroxyl groups excluding tert-OH is 1. The van der Waals surface area contributed by atoms with Crippen LogP contribution in [0.15, 0.2) is 41.5 Å². The van der Waals surface area contributed by atoms with E-state index in [1.54, 1.807) is 17.8 Å². The number of hydrogen-bond acceptors (Lipinski definition) is 4. The number of aryl methyl sites for hydroxylation is 2. The highest BCUT2D eigenvalue weighted by Crippen LogP contribution is 2.16. The molecule has 0 saturated carbocycles. The molecular weight excluding hydrogens is 306 g/mol. The van der Waals surface area contributed by atoms with E-state index in [0.717, 1.165) is 5.56 Å². The van der Waals surface area contributed by atoms with E-state index in [9.17, 15) is 9.90 Å². The average Bonchev–Trinajstić information content (AvgIpc) is 3.15. The highest BCUT2D eigenvalue weighted by Gasteiger charge is 2.19. The molecule has 0 aliphatic heterocycles.